The zero-order chi connectivity index (χ0) is 21.3. The van der Waals surface area contributed by atoms with E-state index >= 15 is 0 Å². The molecule has 9 heteroatoms. The molecule has 0 unspecified atom stereocenters. The van der Waals surface area contributed by atoms with Crippen molar-refractivity contribution in [3.05, 3.63) is 53.8 Å². The van der Waals surface area contributed by atoms with Crippen molar-refractivity contribution in [3.63, 3.8) is 0 Å². The van der Waals surface area contributed by atoms with E-state index in [1.807, 2.05) is 25.2 Å². The summed E-state index contributed by atoms with van der Waals surface area (Å²) >= 11 is 0. The molecule has 1 heterocycles. The van der Waals surface area contributed by atoms with E-state index in [0.717, 1.165) is 23.2 Å². The lowest BCUT2D eigenvalue weighted by Crippen LogP contribution is -2.37. The number of tetrazole rings is 1. The highest BCUT2D eigenvalue weighted by Crippen LogP contribution is 2.45. The fourth-order valence-corrected chi connectivity index (χ4v) is 4.44. The van der Waals surface area contributed by atoms with Crippen LogP contribution in [0.3, 0.4) is 0 Å². The van der Waals surface area contributed by atoms with Gasteiger partial charge < -0.3 is 15.4 Å². The molecule has 3 N–H and O–H groups in total. The number of anilines is 1. The molecule has 1 amide bonds. The molecule has 1 aliphatic rings. The molecule has 30 heavy (non-hydrogen) atoms. The Bertz CT molecular complexity index is 1020. The highest BCUT2D eigenvalue weighted by Gasteiger charge is 2.42. The number of nitrogens with one attached hydrogen (secondary N) is 1. The molecule has 0 saturated heterocycles. The van der Waals surface area contributed by atoms with Crippen molar-refractivity contribution >= 4 is 11.6 Å². The third-order valence-electron chi connectivity index (χ3n) is 5.90. The number of hydrogen-bond acceptors (Lipinski definition) is 6. The number of benzene rings is 2. The van der Waals surface area contributed by atoms with Crippen LogP contribution >= 0.6 is 0 Å². The van der Waals surface area contributed by atoms with Gasteiger partial charge in [-0.2, -0.15) is 5.21 Å². The van der Waals surface area contributed by atoms with E-state index in [4.69, 9.17) is 10.5 Å². The second kappa shape index (κ2) is 8.10. The van der Waals surface area contributed by atoms with Gasteiger partial charge >= 0.3 is 0 Å². The van der Waals surface area contributed by atoms with E-state index in [1.165, 1.54) is 12.1 Å². The van der Waals surface area contributed by atoms with Crippen molar-refractivity contribution in [1.29, 1.82) is 0 Å². The minimum absolute atomic E-state index is 0.0256. The number of carbonyl (C=O) groups is 1. The number of ether oxygens (including phenoxy) is 1. The fraction of sp³-hybridized carbons (Fsp3) is 0.333. The van der Waals surface area contributed by atoms with Gasteiger partial charge in [0.25, 0.3) is 0 Å². The topological polar surface area (TPSA) is 110 Å². The molecule has 0 radical (unpaired) electrons. The fourth-order valence-electron chi connectivity index (χ4n) is 4.44. The van der Waals surface area contributed by atoms with Crippen LogP contribution < -0.4 is 15.4 Å². The average molecular weight is 410 g/mol. The maximum atomic E-state index is 13.5. The lowest BCUT2D eigenvalue weighted by Gasteiger charge is -2.34. The number of H-pyrrole nitrogens is 1. The third kappa shape index (κ3) is 3.58. The second-order valence-electron chi connectivity index (χ2n) is 7.46. The monoisotopic (exact) mass is 410 g/mol. The SMILES string of the molecule is COc1ccc(-c2nn[nH]n2)cc1N(C)[C@H]1CC[C@H](C(N)=O)[C@H]1c1ccc(F)cc1. The van der Waals surface area contributed by atoms with Gasteiger partial charge in [-0.3, -0.25) is 4.79 Å². The van der Waals surface area contributed by atoms with E-state index < -0.39 is 0 Å². The van der Waals surface area contributed by atoms with Crippen molar-refractivity contribution in [1.82, 2.24) is 20.6 Å². The number of carbonyl (C=O) groups excluding carboxylic acids is 1. The molecule has 8 nitrogen and oxygen atoms in total. The van der Waals surface area contributed by atoms with Crippen LogP contribution in [0.4, 0.5) is 10.1 Å². The van der Waals surface area contributed by atoms with E-state index in [2.05, 4.69) is 25.5 Å². The van der Waals surface area contributed by atoms with Crippen LogP contribution in [-0.2, 0) is 4.79 Å². The molecule has 4 rings (SSSR count). The van der Waals surface area contributed by atoms with Gasteiger partial charge in [-0.1, -0.05) is 12.1 Å². The summed E-state index contributed by atoms with van der Waals surface area (Å²) in [4.78, 5) is 14.3. The molecule has 0 spiro atoms. The van der Waals surface area contributed by atoms with Gasteiger partial charge in [0.1, 0.15) is 11.6 Å². The maximum Gasteiger partial charge on any atom is 0.221 e. The molecule has 2 aromatic carbocycles. The maximum absolute atomic E-state index is 13.5. The number of rotatable bonds is 6. The number of halogens is 1. The smallest absolute Gasteiger partial charge is 0.221 e. The number of primary amides is 1. The summed E-state index contributed by atoms with van der Waals surface area (Å²) in [5.41, 5.74) is 8.23. The first-order valence-corrected chi connectivity index (χ1v) is 9.69. The highest BCUT2D eigenvalue weighted by atomic mass is 19.1. The lowest BCUT2D eigenvalue weighted by molar-refractivity contribution is -0.122. The second-order valence-corrected chi connectivity index (χ2v) is 7.46. The van der Waals surface area contributed by atoms with Crippen molar-refractivity contribution in [3.8, 4) is 17.1 Å². The van der Waals surface area contributed by atoms with Crippen LogP contribution in [0.25, 0.3) is 11.4 Å². The lowest BCUT2D eigenvalue weighted by atomic mass is 9.85. The van der Waals surface area contributed by atoms with Crippen molar-refractivity contribution in [2.24, 2.45) is 11.7 Å². The predicted octanol–water partition coefficient (Wildman–Crippen LogP) is 2.50. The molecule has 1 aliphatic carbocycles. The van der Waals surface area contributed by atoms with E-state index in [-0.39, 0.29) is 29.6 Å². The molecule has 3 aromatic rings. The van der Waals surface area contributed by atoms with Gasteiger partial charge in [-0.25, -0.2) is 4.39 Å². The Morgan fingerprint density at radius 1 is 1.23 bits per heavy atom. The number of amides is 1. The Kier molecular flexibility index (Phi) is 5.35. The minimum Gasteiger partial charge on any atom is -0.495 e. The summed E-state index contributed by atoms with van der Waals surface area (Å²) in [7, 11) is 3.57. The first-order valence-electron chi connectivity index (χ1n) is 9.69. The number of aromatic amines is 1. The molecule has 3 atom stereocenters. The zero-order valence-corrected chi connectivity index (χ0v) is 16.7. The Morgan fingerprint density at radius 3 is 2.63 bits per heavy atom. The van der Waals surface area contributed by atoms with Crippen LogP contribution in [-0.4, -0.2) is 46.7 Å². The van der Waals surface area contributed by atoms with Crippen LogP contribution in [0, 0.1) is 11.7 Å². The van der Waals surface area contributed by atoms with Gasteiger partial charge in [0, 0.05) is 30.5 Å². The zero-order valence-electron chi connectivity index (χ0n) is 16.7. The van der Waals surface area contributed by atoms with Crippen LogP contribution in [0.1, 0.15) is 24.3 Å². The molecule has 0 aliphatic heterocycles. The Labute approximate surface area is 173 Å². The Hall–Kier alpha value is -3.49. The van der Waals surface area contributed by atoms with E-state index in [0.29, 0.717) is 18.0 Å². The molecular weight excluding hydrogens is 387 g/mol. The Balaban J connectivity index is 1.73. The Morgan fingerprint density at radius 2 is 2.00 bits per heavy atom. The molecule has 0 bridgehead atoms. The molecule has 1 aromatic heterocycles. The summed E-state index contributed by atoms with van der Waals surface area (Å²) < 4.78 is 19.1. The van der Waals surface area contributed by atoms with Gasteiger partial charge in [0.2, 0.25) is 11.7 Å². The first-order chi connectivity index (χ1) is 14.5. The highest BCUT2D eigenvalue weighted by molar-refractivity contribution is 5.79. The molecule has 156 valence electrons. The van der Waals surface area contributed by atoms with Crippen molar-refractivity contribution < 1.29 is 13.9 Å². The third-order valence-corrected chi connectivity index (χ3v) is 5.90. The number of nitrogens with zero attached hydrogens (tertiary/aromatic N) is 4. The molecular formula is C21H23FN6O2. The van der Waals surface area contributed by atoms with Crippen molar-refractivity contribution in [2.45, 2.75) is 24.8 Å². The standard InChI is InChI=1S/C21H23FN6O2/c1-28(17-11-13(5-10-18(17)30-2)21-24-26-27-25-21)16-9-8-15(20(23)29)19(16)12-3-6-14(22)7-4-12/h3-7,10-11,15-16,19H,8-9H2,1-2H3,(H2,23,29)(H,24,25,26,27)/t15-,16-,19+/m0/s1. The first kappa shape index (κ1) is 19.8. The summed E-state index contributed by atoms with van der Waals surface area (Å²) in [6, 6.07) is 11.9. The minimum atomic E-state index is -0.340. The summed E-state index contributed by atoms with van der Waals surface area (Å²) in [5.74, 6) is 0.0226. The largest absolute Gasteiger partial charge is 0.495 e. The summed E-state index contributed by atoms with van der Waals surface area (Å²) in [6.07, 6.45) is 1.43. The number of aromatic nitrogens is 4. The van der Waals surface area contributed by atoms with Gasteiger partial charge in [0.05, 0.1) is 12.8 Å². The normalized spacial score (nSPS) is 20.8. The molecule has 1 saturated carbocycles. The predicted molar refractivity (Wildman–Crippen MR) is 109 cm³/mol. The van der Waals surface area contributed by atoms with Crippen LogP contribution in [0.5, 0.6) is 5.75 Å². The number of likely N-dealkylation sites (N-methyl/N-ethyl adjacent to an activating group) is 1. The van der Waals surface area contributed by atoms with Gasteiger partial charge in [-0.05, 0) is 54.0 Å². The molecule has 1 fully saturated rings. The number of hydrogen-bond donors (Lipinski definition) is 2. The van der Waals surface area contributed by atoms with E-state index in [1.54, 1.807) is 19.2 Å². The number of methoxy groups -OCH3 is 1. The van der Waals surface area contributed by atoms with Crippen LogP contribution in [0.15, 0.2) is 42.5 Å². The number of nitrogens with two attached hydrogens (primary N) is 1. The van der Waals surface area contributed by atoms with Crippen LogP contribution in [0.2, 0.25) is 0 Å². The summed E-state index contributed by atoms with van der Waals surface area (Å²) in [6.45, 7) is 0. The van der Waals surface area contributed by atoms with Gasteiger partial charge in [-0.15, -0.1) is 10.2 Å². The van der Waals surface area contributed by atoms with Crippen molar-refractivity contribution in [2.75, 3.05) is 19.1 Å². The quantitative estimate of drug-likeness (QED) is 0.646. The van der Waals surface area contributed by atoms with E-state index in [9.17, 15) is 9.18 Å². The average Bonchev–Trinajstić information content (AvgIpc) is 3.43. The summed E-state index contributed by atoms with van der Waals surface area (Å²) in [5, 5.41) is 14.2. The van der Waals surface area contributed by atoms with Gasteiger partial charge in [0.15, 0.2) is 0 Å².